The van der Waals surface area contributed by atoms with Crippen LogP contribution in [0.1, 0.15) is 19.3 Å². The largest absolute Gasteiger partial charge is 0.356 e. The van der Waals surface area contributed by atoms with Crippen molar-refractivity contribution in [2.45, 2.75) is 51.5 Å². The molecule has 0 atom stereocenters. The highest BCUT2D eigenvalue weighted by Gasteiger charge is 2.28. The van der Waals surface area contributed by atoms with Crippen molar-refractivity contribution in [3.05, 3.63) is 24.9 Å². The van der Waals surface area contributed by atoms with Crippen molar-refractivity contribution in [2.75, 3.05) is 0 Å². The molecular formula is C12H27NSi2. The summed E-state index contributed by atoms with van der Waals surface area (Å²) in [5.41, 5.74) is 2.14. The summed E-state index contributed by atoms with van der Waals surface area (Å²) in [6.45, 7) is 17.2. The Morgan fingerprint density at radius 1 is 1.07 bits per heavy atom. The summed E-state index contributed by atoms with van der Waals surface area (Å²) in [5.74, 6) is 0. The van der Waals surface area contributed by atoms with E-state index in [1.807, 2.05) is 6.08 Å². The van der Waals surface area contributed by atoms with Gasteiger partial charge < -0.3 is 4.65 Å². The maximum atomic E-state index is 3.93. The minimum atomic E-state index is -1.33. The standard InChI is InChI=1S/C12H27NSi2/c1-7-9-10-11-12-15(5,6)13-14(3,4)8-2/h7-8,13H,1-2,9-12H2,3-6H3. The molecule has 0 spiro atoms. The minimum absolute atomic E-state index is 1.16. The van der Waals surface area contributed by atoms with Crippen molar-refractivity contribution in [2.24, 2.45) is 0 Å². The second kappa shape index (κ2) is 6.45. The molecule has 88 valence electrons. The fraction of sp³-hybridized carbons (Fsp3) is 0.667. The molecule has 0 aliphatic rings. The van der Waals surface area contributed by atoms with Crippen LogP contribution in [0.5, 0.6) is 0 Å². The highest BCUT2D eigenvalue weighted by Crippen LogP contribution is 2.15. The summed E-state index contributed by atoms with van der Waals surface area (Å²) in [5, 5.41) is 0. The number of hydrogen-bond acceptors (Lipinski definition) is 1. The average molecular weight is 242 g/mol. The predicted octanol–water partition coefficient (Wildman–Crippen LogP) is 4.07. The molecular weight excluding hydrogens is 214 g/mol. The van der Waals surface area contributed by atoms with E-state index in [1.54, 1.807) is 0 Å². The van der Waals surface area contributed by atoms with Crippen LogP contribution >= 0.6 is 0 Å². The molecule has 0 aliphatic heterocycles. The fourth-order valence-electron chi connectivity index (χ4n) is 1.84. The molecule has 0 rings (SSSR count). The zero-order valence-corrected chi connectivity index (χ0v) is 12.9. The molecule has 0 bridgehead atoms. The van der Waals surface area contributed by atoms with E-state index < -0.39 is 16.5 Å². The van der Waals surface area contributed by atoms with Gasteiger partial charge in [-0.05, 0) is 12.5 Å². The van der Waals surface area contributed by atoms with Crippen LogP contribution in [-0.4, -0.2) is 16.5 Å². The van der Waals surface area contributed by atoms with E-state index in [2.05, 4.69) is 49.7 Å². The van der Waals surface area contributed by atoms with E-state index in [-0.39, 0.29) is 0 Å². The Labute approximate surface area is 97.8 Å². The quantitative estimate of drug-likeness (QED) is 0.384. The molecule has 0 heterocycles. The van der Waals surface area contributed by atoms with Gasteiger partial charge in [-0.3, -0.25) is 0 Å². The lowest BCUT2D eigenvalue weighted by Gasteiger charge is -2.32. The lowest BCUT2D eigenvalue weighted by molar-refractivity contribution is 0.799. The Balaban J connectivity index is 3.95. The number of rotatable bonds is 8. The first-order valence-corrected chi connectivity index (χ1v) is 12.2. The second-order valence-electron chi connectivity index (χ2n) is 5.47. The molecule has 0 radical (unpaired) electrons. The third-order valence-corrected chi connectivity index (χ3v) is 10.5. The van der Waals surface area contributed by atoms with Crippen molar-refractivity contribution in [1.29, 1.82) is 0 Å². The molecule has 3 heteroatoms. The van der Waals surface area contributed by atoms with Gasteiger partial charge in [-0.1, -0.05) is 50.8 Å². The topological polar surface area (TPSA) is 12.0 Å². The number of allylic oxidation sites excluding steroid dienone is 1. The van der Waals surface area contributed by atoms with E-state index in [0.717, 1.165) is 6.42 Å². The van der Waals surface area contributed by atoms with Gasteiger partial charge in [0, 0.05) is 0 Å². The molecule has 0 saturated carbocycles. The molecule has 0 aliphatic carbocycles. The van der Waals surface area contributed by atoms with Crippen LogP contribution in [-0.2, 0) is 0 Å². The first-order valence-electron chi connectivity index (χ1n) is 5.87. The SMILES string of the molecule is C=CCCCC[Si](C)(C)N[Si](C)(C)C=C. The van der Waals surface area contributed by atoms with E-state index >= 15 is 0 Å². The Morgan fingerprint density at radius 2 is 1.67 bits per heavy atom. The molecule has 0 amide bonds. The Hall–Kier alpha value is -0.126. The first-order chi connectivity index (χ1) is 6.83. The molecule has 15 heavy (non-hydrogen) atoms. The summed E-state index contributed by atoms with van der Waals surface area (Å²) in [4.78, 5) is 0. The maximum Gasteiger partial charge on any atom is 0.137 e. The molecule has 0 aromatic rings. The molecule has 0 aromatic carbocycles. The van der Waals surface area contributed by atoms with Crippen molar-refractivity contribution in [3.63, 3.8) is 0 Å². The number of unbranched alkanes of at least 4 members (excludes halogenated alkanes) is 2. The van der Waals surface area contributed by atoms with Crippen LogP contribution < -0.4 is 4.65 Å². The van der Waals surface area contributed by atoms with Crippen LogP contribution in [0.25, 0.3) is 0 Å². The summed E-state index contributed by atoms with van der Waals surface area (Å²) < 4.78 is 3.89. The fourth-order valence-corrected chi connectivity index (χ4v) is 10.9. The normalized spacial score (nSPS) is 12.5. The van der Waals surface area contributed by atoms with Crippen molar-refractivity contribution < 1.29 is 0 Å². The molecule has 1 N–H and O–H groups in total. The van der Waals surface area contributed by atoms with Crippen LogP contribution in [0.3, 0.4) is 0 Å². The zero-order valence-electron chi connectivity index (χ0n) is 10.9. The van der Waals surface area contributed by atoms with E-state index in [9.17, 15) is 0 Å². The summed E-state index contributed by atoms with van der Waals surface area (Å²) >= 11 is 0. The van der Waals surface area contributed by atoms with Crippen molar-refractivity contribution >= 4 is 16.5 Å². The van der Waals surface area contributed by atoms with Gasteiger partial charge in [0.15, 0.2) is 0 Å². The first kappa shape index (κ1) is 14.9. The monoisotopic (exact) mass is 241 g/mol. The van der Waals surface area contributed by atoms with Gasteiger partial charge in [0.1, 0.15) is 16.5 Å². The van der Waals surface area contributed by atoms with Gasteiger partial charge in [0.05, 0.1) is 0 Å². The Bertz CT molecular complexity index is 210. The van der Waals surface area contributed by atoms with E-state index in [1.165, 1.54) is 18.9 Å². The smallest absolute Gasteiger partial charge is 0.137 e. The molecule has 1 nitrogen and oxygen atoms in total. The van der Waals surface area contributed by atoms with Crippen LogP contribution in [0.2, 0.25) is 32.2 Å². The lowest BCUT2D eigenvalue weighted by atomic mass is 10.2. The summed E-state index contributed by atoms with van der Waals surface area (Å²) in [6, 6.07) is 1.37. The second-order valence-corrected chi connectivity index (χ2v) is 14.6. The highest BCUT2D eigenvalue weighted by molar-refractivity contribution is 6.93. The third-order valence-electron chi connectivity index (χ3n) is 2.63. The van der Waals surface area contributed by atoms with Gasteiger partial charge in [-0.25, -0.2) is 0 Å². The van der Waals surface area contributed by atoms with E-state index in [0.29, 0.717) is 0 Å². The van der Waals surface area contributed by atoms with Crippen LogP contribution in [0.4, 0.5) is 0 Å². The summed E-state index contributed by atoms with van der Waals surface area (Å²) in [6.07, 6.45) is 5.80. The Morgan fingerprint density at radius 3 is 2.13 bits per heavy atom. The van der Waals surface area contributed by atoms with Crippen molar-refractivity contribution in [3.8, 4) is 0 Å². The minimum Gasteiger partial charge on any atom is -0.356 e. The lowest BCUT2D eigenvalue weighted by Crippen LogP contribution is -2.58. The van der Waals surface area contributed by atoms with Gasteiger partial charge in [0.2, 0.25) is 0 Å². The van der Waals surface area contributed by atoms with Crippen LogP contribution in [0, 0.1) is 0 Å². The van der Waals surface area contributed by atoms with Gasteiger partial charge in [-0.2, -0.15) is 0 Å². The molecule has 0 fully saturated rings. The molecule has 0 saturated heterocycles. The van der Waals surface area contributed by atoms with E-state index in [4.69, 9.17) is 0 Å². The predicted molar refractivity (Wildman–Crippen MR) is 77.2 cm³/mol. The van der Waals surface area contributed by atoms with Crippen molar-refractivity contribution in [1.82, 2.24) is 4.65 Å². The number of nitrogens with one attached hydrogen (secondary N) is 1. The van der Waals surface area contributed by atoms with Gasteiger partial charge in [0.25, 0.3) is 0 Å². The van der Waals surface area contributed by atoms with Crippen LogP contribution in [0.15, 0.2) is 24.9 Å². The third kappa shape index (κ3) is 7.76. The maximum absolute atomic E-state index is 3.93. The molecule has 0 aromatic heterocycles. The zero-order chi connectivity index (χ0) is 11.9. The van der Waals surface area contributed by atoms with Gasteiger partial charge in [-0.15, -0.1) is 13.2 Å². The average Bonchev–Trinajstić information content (AvgIpc) is 2.11. The number of hydrogen-bond donors (Lipinski definition) is 1. The molecule has 0 unspecified atom stereocenters. The highest BCUT2D eigenvalue weighted by atomic mass is 28.4. The Kier molecular flexibility index (Phi) is 6.40. The van der Waals surface area contributed by atoms with Gasteiger partial charge >= 0.3 is 0 Å². The summed E-state index contributed by atoms with van der Waals surface area (Å²) in [7, 11) is -2.53.